The molecule has 0 saturated carbocycles. The van der Waals surface area contributed by atoms with Crippen molar-refractivity contribution in [1.82, 2.24) is 0 Å². The molecule has 0 unspecified atom stereocenters. The van der Waals surface area contributed by atoms with Crippen molar-refractivity contribution in [2.24, 2.45) is 0 Å². The number of hydrogen-bond acceptors (Lipinski definition) is 1. The zero-order chi connectivity index (χ0) is 13.0. The summed E-state index contributed by atoms with van der Waals surface area (Å²) in [6.45, 7) is 10.5. The van der Waals surface area contributed by atoms with Gasteiger partial charge in [0.15, 0.2) is 0 Å². The van der Waals surface area contributed by atoms with Gasteiger partial charge in [-0.15, -0.1) is 0 Å². The Labute approximate surface area is 109 Å². The van der Waals surface area contributed by atoms with Crippen LogP contribution in [0.15, 0.2) is 12.8 Å². The molecule has 0 aromatic rings. The first-order chi connectivity index (χ1) is 8.24. The van der Waals surface area contributed by atoms with Crippen LogP contribution in [0.2, 0.25) is 0 Å². The Hall–Kier alpha value is -0.460. The van der Waals surface area contributed by atoms with Crippen LogP contribution in [0.1, 0.15) is 85.0 Å². The summed E-state index contributed by atoms with van der Waals surface area (Å²) in [5.41, 5.74) is 0.0863. The minimum atomic E-state index is 0.0863. The average molecular weight is 240 g/mol. The van der Waals surface area contributed by atoms with E-state index in [9.17, 15) is 0 Å². The Bertz CT molecular complexity index is 166. The van der Waals surface area contributed by atoms with Gasteiger partial charge in [-0.3, -0.25) is 0 Å². The molecule has 0 aromatic carbocycles. The average Bonchev–Trinajstić information content (AvgIpc) is 2.34. The molecule has 0 aromatic heterocycles. The molecule has 0 amide bonds. The van der Waals surface area contributed by atoms with Crippen LogP contribution < -0.4 is 0 Å². The highest BCUT2D eigenvalue weighted by Crippen LogP contribution is 2.32. The lowest BCUT2D eigenvalue weighted by atomic mass is 9.85. The number of unbranched alkanes of at least 4 members (excludes halogenated alkanes) is 4. The molecule has 0 rings (SSSR count). The molecule has 0 bridgehead atoms. The molecule has 0 aliphatic rings. The van der Waals surface area contributed by atoms with E-state index >= 15 is 0 Å². The smallest absolute Gasteiger partial charge is 0.108 e. The monoisotopic (exact) mass is 240 g/mol. The van der Waals surface area contributed by atoms with E-state index in [1.807, 2.05) is 0 Å². The standard InChI is InChI=1S/C16H32O/c1-5-9-12-15-16(17-8-4,13-10-6-2)14-11-7-3/h8H,4-7,9-15H2,1-3H3. The quantitative estimate of drug-likeness (QED) is 0.307. The van der Waals surface area contributed by atoms with Crippen molar-refractivity contribution < 1.29 is 4.74 Å². The van der Waals surface area contributed by atoms with E-state index in [1.165, 1.54) is 64.2 Å². The summed E-state index contributed by atoms with van der Waals surface area (Å²) >= 11 is 0. The second-order valence-electron chi connectivity index (χ2n) is 5.13. The summed E-state index contributed by atoms with van der Waals surface area (Å²) in [5.74, 6) is 0. The second kappa shape index (κ2) is 10.7. The predicted molar refractivity (Wildman–Crippen MR) is 77.2 cm³/mol. The molecular weight excluding hydrogens is 208 g/mol. The minimum absolute atomic E-state index is 0.0863. The molecule has 0 spiro atoms. The molecule has 1 nitrogen and oxygen atoms in total. The minimum Gasteiger partial charge on any atom is -0.496 e. The Kier molecular flexibility index (Phi) is 10.4. The molecule has 0 aliphatic heterocycles. The van der Waals surface area contributed by atoms with Crippen molar-refractivity contribution in [1.29, 1.82) is 0 Å². The summed E-state index contributed by atoms with van der Waals surface area (Å²) in [6, 6.07) is 0. The Morgan fingerprint density at radius 1 is 0.824 bits per heavy atom. The van der Waals surface area contributed by atoms with Gasteiger partial charge in [-0.1, -0.05) is 53.0 Å². The molecule has 0 N–H and O–H groups in total. The van der Waals surface area contributed by atoms with E-state index in [0.29, 0.717) is 0 Å². The summed E-state index contributed by atoms with van der Waals surface area (Å²) < 4.78 is 5.94. The van der Waals surface area contributed by atoms with Gasteiger partial charge in [0.1, 0.15) is 5.60 Å². The van der Waals surface area contributed by atoms with E-state index in [2.05, 4.69) is 27.4 Å². The van der Waals surface area contributed by atoms with Gasteiger partial charge in [-0.25, -0.2) is 0 Å². The van der Waals surface area contributed by atoms with Crippen molar-refractivity contribution in [3.05, 3.63) is 12.8 Å². The fourth-order valence-electron chi connectivity index (χ4n) is 2.42. The van der Waals surface area contributed by atoms with Crippen LogP contribution in [0.4, 0.5) is 0 Å². The highest BCUT2D eigenvalue weighted by atomic mass is 16.5. The lowest BCUT2D eigenvalue weighted by Crippen LogP contribution is -2.31. The van der Waals surface area contributed by atoms with E-state index in [0.717, 1.165) is 0 Å². The van der Waals surface area contributed by atoms with Gasteiger partial charge >= 0.3 is 0 Å². The Morgan fingerprint density at radius 3 is 1.71 bits per heavy atom. The van der Waals surface area contributed by atoms with E-state index < -0.39 is 0 Å². The molecular formula is C16H32O. The highest BCUT2D eigenvalue weighted by molar-refractivity contribution is 4.83. The molecule has 0 fully saturated rings. The normalized spacial score (nSPS) is 11.5. The zero-order valence-corrected chi connectivity index (χ0v) is 12.3. The summed E-state index contributed by atoms with van der Waals surface area (Å²) in [4.78, 5) is 0. The van der Waals surface area contributed by atoms with Gasteiger partial charge in [0.25, 0.3) is 0 Å². The van der Waals surface area contributed by atoms with E-state index in [1.54, 1.807) is 6.26 Å². The maximum absolute atomic E-state index is 5.94. The number of rotatable bonds is 12. The number of ether oxygens (including phenoxy) is 1. The van der Waals surface area contributed by atoms with Gasteiger partial charge in [0, 0.05) is 0 Å². The third kappa shape index (κ3) is 7.46. The molecule has 102 valence electrons. The van der Waals surface area contributed by atoms with E-state index in [-0.39, 0.29) is 5.60 Å². The SMILES string of the molecule is C=COC(CCCC)(CCCC)CCCCC. The summed E-state index contributed by atoms with van der Waals surface area (Å²) in [6.07, 6.45) is 14.2. The maximum Gasteiger partial charge on any atom is 0.108 e. The van der Waals surface area contributed by atoms with Gasteiger partial charge < -0.3 is 4.74 Å². The second-order valence-corrected chi connectivity index (χ2v) is 5.13. The predicted octanol–water partition coefficient (Wildman–Crippen LogP) is 5.85. The van der Waals surface area contributed by atoms with Crippen molar-refractivity contribution in [2.75, 3.05) is 0 Å². The van der Waals surface area contributed by atoms with Crippen molar-refractivity contribution in [3.63, 3.8) is 0 Å². The first-order valence-electron chi connectivity index (χ1n) is 7.53. The van der Waals surface area contributed by atoms with Gasteiger partial charge in [-0.2, -0.15) is 0 Å². The Balaban J connectivity index is 4.37. The fourth-order valence-corrected chi connectivity index (χ4v) is 2.42. The van der Waals surface area contributed by atoms with Crippen LogP contribution in [-0.2, 0) is 4.74 Å². The largest absolute Gasteiger partial charge is 0.496 e. The van der Waals surface area contributed by atoms with Crippen LogP contribution in [-0.4, -0.2) is 5.60 Å². The lowest BCUT2D eigenvalue weighted by Gasteiger charge is -2.33. The fraction of sp³-hybridized carbons (Fsp3) is 0.875. The first kappa shape index (κ1) is 16.5. The van der Waals surface area contributed by atoms with Gasteiger partial charge in [0.2, 0.25) is 0 Å². The lowest BCUT2D eigenvalue weighted by molar-refractivity contribution is -0.00719. The molecule has 0 aliphatic carbocycles. The highest BCUT2D eigenvalue weighted by Gasteiger charge is 2.29. The molecule has 1 heteroatoms. The van der Waals surface area contributed by atoms with Crippen LogP contribution in [0.25, 0.3) is 0 Å². The Morgan fingerprint density at radius 2 is 1.29 bits per heavy atom. The molecule has 0 heterocycles. The van der Waals surface area contributed by atoms with Gasteiger partial charge in [-0.05, 0) is 38.5 Å². The third-order valence-corrected chi connectivity index (χ3v) is 3.54. The van der Waals surface area contributed by atoms with E-state index in [4.69, 9.17) is 4.74 Å². The van der Waals surface area contributed by atoms with Crippen LogP contribution in [0.3, 0.4) is 0 Å². The van der Waals surface area contributed by atoms with Crippen molar-refractivity contribution in [3.8, 4) is 0 Å². The van der Waals surface area contributed by atoms with Crippen molar-refractivity contribution in [2.45, 2.75) is 90.6 Å². The molecule has 17 heavy (non-hydrogen) atoms. The molecule has 0 saturated heterocycles. The molecule has 0 radical (unpaired) electrons. The van der Waals surface area contributed by atoms with Crippen molar-refractivity contribution >= 4 is 0 Å². The first-order valence-corrected chi connectivity index (χ1v) is 7.53. The number of hydrogen-bond donors (Lipinski definition) is 0. The molecule has 0 atom stereocenters. The van der Waals surface area contributed by atoms with Gasteiger partial charge in [0.05, 0.1) is 6.26 Å². The topological polar surface area (TPSA) is 9.23 Å². The van der Waals surface area contributed by atoms with Crippen LogP contribution in [0.5, 0.6) is 0 Å². The third-order valence-electron chi connectivity index (χ3n) is 3.54. The summed E-state index contributed by atoms with van der Waals surface area (Å²) in [7, 11) is 0. The van der Waals surface area contributed by atoms with Crippen LogP contribution >= 0.6 is 0 Å². The zero-order valence-electron chi connectivity index (χ0n) is 12.3. The van der Waals surface area contributed by atoms with Crippen LogP contribution in [0, 0.1) is 0 Å². The maximum atomic E-state index is 5.94. The summed E-state index contributed by atoms with van der Waals surface area (Å²) in [5, 5.41) is 0.